The predicted octanol–water partition coefficient (Wildman–Crippen LogP) is 0.840. The van der Waals surface area contributed by atoms with Crippen LogP contribution in [0, 0.1) is 0 Å². The van der Waals surface area contributed by atoms with E-state index >= 15 is 0 Å². The molecule has 2 amide bonds. The summed E-state index contributed by atoms with van der Waals surface area (Å²) in [5.41, 5.74) is 2.04. The van der Waals surface area contributed by atoms with Gasteiger partial charge in [-0.25, -0.2) is 0 Å². The monoisotopic (exact) mass is 395 g/mol. The Morgan fingerprint density at radius 1 is 1.00 bits per heavy atom. The molecule has 1 aliphatic heterocycles. The van der Waals surface area contributed by atoms with Crippen molar-refractivity contribution in [3.63, 3.8) is 0 Å². The maximum absolute atomic E-state index is 13.0. The summed E-state index contributed by atoms with van der Waals surface area (Å²) in [6.07, 6.45) is 1.05. The van der Waals surface area contributed by atoms with Crippen LogP contribution in [-0.4, -0.2) is 59.5 Å². The van der Waals surface area contributed by atoms with E-state index in [0.717, 1.165) is 11.1 Å². The number of nitrogens with zero attached hydrogens (tertiary/aromatic N) is 1. The van der Waals surface area contributed by atoms with E-state index in [0.29, 0.717) is 19.4 Å². The number of amides is 2. The number of benzene rings is 2. The van der Waals surface area contributed by atoms with Gasteiger partial charge in [-0.05, 0) is 17.5 Å². The molecule has 1 fully saturated rings. The topological polar surface area (TPSA) is 109 Å². The van der Waals surface area contributed by atoms with Crippen molar-refractivity contribution < 1.29 is 19.5 Å². The average molecular weight is 395 g/mol. The van der Waals surface area contributed by atoms with E-state index in [-0.39, 0.29) is 5.91 Å². The summed E-state index contributed by atoms with van der Waals surface area (Å²) in [5, 5.41) is 14.4. The molecule has 7 heteroatoms. The highest BCUT2D eigenvalue weighted by Gasteiger charge is 2.48. The van der Waals surface area contributed by atoms with Crippen LogP contribution in [-0.2, 0) is 27.2 Å². The first-order valence-corrected chi connectivity index (χ1v) is 9.58. The lowest BCUT2D eigenvalue weighted by molar-refractivity contribution is -0.137. The van der Waals surface area contributed by atoms with Crippen LogP contribution in [0.4, 0.5) is 0 Å². The minimum atomic E-state index is -1.07. The third-order valence-corrected chi connectivity index (χ3v) is 4.98. The molecule has 3 atom stereocenters. The highest BCUT2D eigenvalue weighted by molar-refractivity contribution is 5.97. The molecule has 152 valence electrons. The number of carbonyl (C=O) groups excluding carboxylic acids is 2. The molecular weight excluding hydrogens is 370 g/mol. The Morgan fingerprint density at radius 3 is 2.14 bits per heavy atom. The number of hydrogen-bond acceptors (Lipinski definition) is 4. The molecule has 0 bridgehead atoms. The Labute approximate surface area is 169 Å². The molecule has 3 N–H and O–H groups in total. The Bertz CT molecular complexity index is 857. The van der Waals surface area contributed by atoms with Gasteiger partial charge in [0.15, 0.2) is 0 Å². The molecule has 1 aliphatic rings. The maximum atomic E-state index is 13.0. The van der Waals surface area contributed by atoms with Gasteiger partial charge in [0, 0.05) is 20.0 Å². The summed E-state index contributed by atoms with van der Waals surface area (Å²) in [7, 11) is 1.71. The third-order valence-electron chi connectivity index (χ3n) is 4.98. The second kappa shape index (κ2) is 9.34. The number of carboxylic acid groups (broad SMARTS) is 1. The predicted molar refractivity (Wildman–Crippen MR) is 108 cm³/mol. The summed E-state index contributed by atoms with van der Waals surface area (Å²) in [5.74, 6) is -1.75. The van der Waals surface area contributed by atoms with Gasteiger partial charge in [0.25, 0.3) is 0 Å². The smallest absolute Gasteiger partial charge is 0.322 e. The highest BCUT2D eigenvalue weighted by atomic mass is 16.4. The normalized spacial score (nSPS) is 18.5. The lowest BCUT2D eigenvalue weighted by Gasteiger charge is -2.25. The molecule has 0 aliphatic carbocycles. The highest BCUT2D eigenvalue weighted by Crippen LogP contribution is 2.13. The number of nitrogens with one attached hydrogen (secondary N) is 2. The van der Waals surface area contributed by atoms with Gasteiger partial charge in [0.2, 0.25) is 11.8 Å². The number of carboxylic acids is 1. The molecule has 0 radical (unpaired) electrons. The fourth-order valence-electron chi connectivity index (χ4n) is 3.21. The second-order valence-electron chi connectivity index (χ2n) is 7.21. The van der Waals surface area contributed by atoms with Crippen LogP contribution in [0.5, 0.6) is 0 Å². The van der Waals surface area contributed by atoms with E-state index in [4.69, 9.17) is 5.11 Å². The van der Waals surface area contributed by atoms with Crippen LogP contribution in [0.2, 0.25) is 0 Å². The minimum Gasteiger partial charge on any atom is -0.480 e. The number of aliphatic carboxylic acids is 1. The van der Waals surface area contributed by atoms with Crippen LogP contribution in [0.3, 0.4) is 0 Å². The zero-order valence-electron chi connectivity index (χ0n) is 16.2. The number of rotatable bonds is 9. The van der Waals surface area contributed by atoms with Crippen molar-refractivity contribution in [1.82, 2.24) is 15.5 Å². The first-order chi connectivity index (χ1) is 14.0. The molecule has 2 aromatic carbocycles. The maximum Gasteiger partial charge on any atom is 0.322 e. The standard InChI is InChI=1S/C22H25N3O4/c1-25(13-12-15-8-4-2-5-9-15)21(27)17(14-16-10-6-3-7-11-16)23-20(26)18-19(24-18)22(28)29/h2-11,17-19,24H,12-14H2,1H3,(H,23,26)(H,28,29)/t17-,18-,19-/m0/s1. The zero-order chi connectivity index (χ0) is 20.8. The molecule has 2 aromatic rings. The first-order valence-electron chi connectivity index (χ1n) is 9.58. The average Bonchev–Trinajstić information content (AvgIpc) is 3.54. The van der Waals surface area contributed by atoms with Crippen molar-refractivity contribution in [2.45, 2.75) is 31.0 Å². The first kappa shape index (κ1) is 20.5. The van der Waals surface area contributed by atoms with Crippen LogP contribution in [0.25, 0.3) is 0 Å². The van der Waals surface area contributed by atoms with E-state index in [9.17, 15) is 14.4 Å². The van der Waals surface area contributed by atoms with Crippen molar-refractivity contribution in [3.8, 4) is 0 Å². The van der Waals surface area contributed by atoms with Crippen molar-refractivity contribution in [2.24, 2.45) is 0 Å². The van der Waals surface area contributed by atoms with E-state index < -0.39 is 30.0 Å². The fraction of sp³-hybridized carbons (Fsp3) is 0.318. The van der Waals surface area contributed by atoms with Gasteiger partial charge in [-0.15, -0.1) is 0 Å². The van der Waals surface area contributed by atoms with E-state index in [1.165, 1.54) is 0 Å². The lowest BCUT2D eigenvalue weighted by Crippen LogP contribution is -2.50. The second-order valence-corrected chi connectivity index (χ2v) is 7.21. The quantitative estimate of drug-likeness (QED) is 0.545. The van der Waals surface area contributed by atoms with Crippen LogP contribution in [0.1, 0.15) is 11.1 Å². The minimum absolute atomic E-state index is 0.203. The lowest BCUT2D eigenvalue weighted by atomic mass is 10.0. The SMILES string of the molecule is CN(CCc1ccccc1)C(=O)[C@H](Cc1ccccc1)NC(=O)[C@H]1N[C@@H]1C(=O)O. The third kappa shape index (κ3) is 5.65. The van der Waals surface area contributed by atoms with Gasteiger partial charge in [-0.2, -0.15) is 0 Å². The summed E-state index contributed by atoms with van der Waals surface area (Å²) < 4.78 is 0. The van der Waals surface area contributed by atoms with Gasteiger partial charge in [0.1, 0.15) is 18.1 Å². The Balaban J connectivity index is 1.65. The Morgan fingerprint density at radius 2 is 1.59 bits per heavy atom. The number of likely N-dealkylation sites (N-methyl/N-ethyl adjacent to an activating group) is 1. The molecule has 1 heterocycles. The summed E-state index contributed by atoms with van der Waals surface area (Å²) >= 11 is 0. The summed E-state index contributed by atoms with van der Waals surface area (Å²) in [4.78, 5) is 38.1. The molecule has 7 nitrogen and oxygen atoms in total. The fourth-order valence-corrected chi connectivity index (χ4v) is 3.21. The molecule has 0 saturated carbocycles. The molecule has 3 rings (SSSR count). The van der Waals surface area contributed by atoms with Gasteiger partial charge in [0.05, 0.1) is 0 Å². The molecule has 0 unspecified atom stereocenters. The van der Waals surface area contributed by atoms with E-state index in [1.807, 2.05) is 60.7 Å². The van der Waals surface area contributed by atoms with Crippen LogP contribution in [0.15, 0.2) is 60.7 Å². The molecule has 0 spiro atoms. The van der Waals surface area contributed by atoms with Crippen molar-refractivity contribution in [2.75, 3.05) is 13.6 Å². The van der Waals surface area contributed by atoms with E-state index in [2.05, 4.69) is 10.6 Å². The molecule has 1 saturated heterocycles. The molecular formula is C22H25N3O4. The summed E-state index contributed by atoms with van der Waals surface area (Å²) in [6.45, 7) is 0.517. The number of carbonyl (C=O) groups is 3. The summed E-state index contributed by atoms with van der Waals surface area (Å²) in [6, 6.07) is 16.8. The van der Waals surface area contributed by atoms with Crippen molar-refractivity contribution in [3.05, 3.63) is 71.8 Å². The van der Waals surface area contributed by atoms with Gasteiger partial charge in [-0.1, -0.05) is 60.7 Å². The zero-order valence-corrected chi connectivity index (χ0v) is 16.2. The molecule has 0 aromatic heterocycles. The van der Waals surface area contributed by atoms with E-state index in [1.54, 1.807) is 11.9 Å². The Hall–Kier alpha value is -3.19. The largest absolute Gasteiger partial charge is 0.480 e. The van der Waals surface area contributed by atoms with Crippen LogP contribution < -0.4 is 10.6 Å². The van der Waals surface area contributed by atoms with Crippen molar-refractivity contribution >= 4 is 17.8 Å². The number of hydrogen-bond donors (Lipinski definition) is 3. The van der Waals surface area contributed by atoms with Gasteiger partial charge < -0.3 is 15.3 Å². The Kier molecular flexibility index (Phi) is 6.61. The van der Waals surface area contributed by atoms with Gasteiger partial charge in [-0.3, -0.25) is 19.7 Å². The van der Waals surface area contributed by atoms with Crippen LogP contribution >= 0.6 is 0 Å². The van der Waals surface area contributed by atoms with Gasteiger partial charge >= 0.3 is 5.97 Å². The molecule has 29 heavy (non-hydrogen) atoms. The van der Waals surface area contributed by atoms with Crippen molar-refractivity contribution in [1.29, 1.82) is 0 Å².